The minimum absolute atomic E-state index is 0.438. The molecule has 25 heavy (non-hydrogen) atoms. The molecule has 2 rings (SSSR count). The third kappa shape index (κ3) is 5.66. The van der Waals surface area contributed by atoms with Crippen LogP contribution in [0.15, 0.2) is 36.4 Å². The Kier molecular flexibility index (Phi) is 7.62. The zero-order valence-corrected chi connectivity index (χ0v) is 16.4. The molecule has 0 aliphatic carbocycles. The van der Waals surface area contributed by atoms with Crippen LogP contribution < -0.4 is 20.1 Å². The summed E-state index contributed by atoms with van der Waals surface area (Å²) in [6.45, 7) is 5.58. The number of ether oxygens (including phenoxy) is 2. The number of halogens is 2. The largest absolute Gasteiger partial charge is 0.490 e. The lowest BCUT2D eigenvalue weighted by Crippen LogP contribution is -2.28. The fourth-order valence-electron chi connectivity index (χ4n) is 2.15. The molecule has 0 saturated carbocycles. The summed E-state index contributed by atoms with van der Waals surface area (Å²) in [5.74, 6) is 1.46. The van der Waals surface area contributed by atoms with Crippen molar-refractivity contribution in [2.45, 2.75) is 20.4 Å². The van der Waals surface area contributed by atoms with Crippen LogP contribution >= 0.6 is 35.4 Å². The Morgan fingerprint density at radius 2 is 1.76 bits per heavy atom. The third-order valence-corrected chi connectivity index (χ3v) is 4.33. The predicted molar refractivity (Wildman–Crippen MR) is 108 cm³/mol. The van der Waals surface area contributed by atoms with Gasteiger partial charge in [0.1, 0.15) is 0 Å². The molecule has 2 aromatic rings. The van der Waals surface area contributed by atoms with E-state index in [1.807, 2.05) is 38.1 Å². The molecule has 0 aliphatic rings. The molecule has 0 aromatic heterocycles. The van der Waals surface area contributed by atoms with Gasteiger partial charge in [-0.05, 0) is 55.9 Å². The molecule has 0 radical (unpaired) electrons. The number of thiocarbonyl (C=S) groups is 1. The van der Waals surface area contributed by atoms with E-state index in [1.165, 1.54) is 0 Å². The van der Waals surface area contributed by atoms with E-state index in [0.29, 0.717) is 40.6 Å². The van der Waals surface area contributed by atoms with E-state index < -0.39 is 0 Å². The molecule has 0 heterocycles. The zero-order chi connectivity index (χ0) is 18.2. The molecule has 134 valence electrons. The lowest BCUT2D eigenvalue weighted by molar-refractivity contribution is 0.287. The van der Waals surface area contributed by atoms with Gasteiger partial charge in [0.2, 0.25) is 0 Å². The summed E-state index contributed by atoms with van der Waals surface area (Å²) >= 11 is 17.5. The molecule has 0 bridgehead atoms. The first-order valence-corrected chi connectivity index (χ1v) is 9.09. The molecular formula is C18H20Cl2N2O2S. The Hall–Kier alpha value is -1.69. The molecule has 0 fully saturated rings. The molecular weight excluding hydrogens is 379 g/mol. The summed E-state index contributed by atoms with van der Waals surface area (Å²) in [6.07, 6.45) is 0. The van der Waals surface area contributed by atoms with Gasteiger partial charge >= 0.3 is 0 Å². The van der Waals surface area contributed by atoms with Crippen LogP contribution in [0.5, 0.6) is 11.5 Å². The molecule has 2 aromatic carbocycles. The fourth-order valence-corrected chi connectivity index (χ4v) is 2.68. The Morgan fingerprint density at radius 1 is 1.04 bits per heavy atom. The average molecular weight is 399 g/mol. The predicted octanol–water partition coefficient (Wildman–Crippen LogP) is 5.28. The van der Waals surface area contributed by atoms with E-state index in [0.717, 1.165) is 17.1 Å². The van der Waals surface area contributed by atoms with Crippen LogP contribution in [0.3, 0.4) is 0 Å². The van der Waals surface area contributed by atoms with E-state index in [9.17, 15) is 0 Å². The van der Waals surface area contributed by atoms with Gasteiger partial charge in [0.05, 0.1) is 28.9 Å². The van der Waals surface area contributed by atoms with Crippen LogP contribution in [0, 0.1) is 0 Å². The summed E-state index contributed by atoms with van der Waals surface area (Å²) in [7, 11) is 0. The summed E-state index contributed by atoms with van der Waals surface area (Å²) in [4.78, 5) is 0. The SMILES string of the molecule is CCOc1ccc(CNC(=S)Nc2cccc(Cl)c2Cl)cc1OCC. The topological polar surface area (TPSA) is 42.5 Å². The Labute approximate surface area is 163 Å². The van der Waals surface area contributed by atoms with Gasteiger partial charge < -0.3 is 20.1 Å². The van der Waals surface area contributed by atoms with Crippen LogP contribution in [0.1, 0.15) is 19.4 Å². The quantitative estimate of drug-likeness (QED) is 0.621. The van der Waals surface area contributed by atoms with Gasteiger partial charge in [0.15, 0.2) is 16.6 Å². The lowest BCUT2D eigenvalue weighted by atomic mass is 10.2. The maximum absolute atomic E-state index is 6.14. The first-order valence-electron chi connectivity index (χ1n) is 7.92. The highest BCUT2D eigenvalue weighted by molar-refractivity contribution is 7.80. The maximum atomic E-state index is 6.14. The van der Waals surface area contributed by atoms with Crippen molar-refractivity contribution in [3.05, 3.63) is 52.0 Å². The second-order valence-electron chi connectivity index (χ2n) is 5.06. The second-order valence-corrected chi connectivity index (χ2v) is 6.25. The molecule has 0 aliphatic heterocycles. The minimum Gasteiger partial charge on any atom is -0.490 e. The van der Waals surface area contributed by atoms with Gasteiger partial charge in [-0.25, -0.2) is 0 Å². The molecule has 4 nitrogen and oxygen atoms in total. The number of nitrogens with one attached hydrogen (secondary N) is 2. The van der Waals surface area contributed by atoms with Crippen LogP contribution in [0.4, 0.5) is 5.69 Å². The van der Waals surface area contributed by atoms with Crippen molar-refractivity contribution in [3.63, 3.8) is 0 Å². The molecule has 0 spiro atoms. The van der Waals surface area contributed by atoms with Gasteiger partial charge in [0, 0.05) is 6.54 Å². The number of hydrogen-bond donors (Lipinski definition) is 2. The maximum Gasteiger partial charge on any atom is 0.171 e. The first kappa shape index (κ1) is 19.6. The van der Waals surface area contributed by atoms with Crippen LogP contribution in [-0.2, 0) is 6.54 Å². The molecule has 0 atom stereocenters. The minimum atomic E-state index is 0.438. The number of anilines is 1. The molecule has 0 amide bonds. The smallest absolute Gasteiger partial charge is 0.171 e. The van der Waals surface area contributed by atoms with Crippen molar-refractivity contribution in [2.75, 3.05) is 18.5 Å². The van der Waals surface area contributed by atoms with Gasteiger partial charge in [-0.1, -0.05) is 35.3 Å². The molecule has 7 heteroatoms. The van der Waals surface area contributed by atoms with Gasteiger partial charge in [-0.2, -0.15) is 0 Å². The lowest BCUT2D eigenvalue weighted by Gasteiger charge is -2.14. The summed E-state index contributed by atoms with van der Waals surface area (Å²) in [5, 5.41) is 7.54. The highest BCUT2D eigenvalue weighted by Gasteiger charge is 2.08. The highest BCUT2D eigenvalue weighted by Crippen LogP contribution is 2.30. The second kappa shape index (κ2) is 9.70. The average Bonchev–Trinajstić information content (AvgIpc) is 2.59. The number of rotatable bonds is 7. The van der Waals surface area contributed by atoms with Crippen LogP contribution in [0.25, 0.3) is 0 Å². The van der Waals surface area contributed by atoms with Crippen molar-refractivity contribution in [1.82, 2.24) is 5.32 Å². The summed E-state index contributed by atoms with van der Waals surface area (Å²) in [6, 6.07) is 11.1. The van der Waals surface area contributed by atoms with Gasteiger partial charge in [-0.3, -0.25) is 0 Å². The van der Waals surface area contributed by atoms with Crippen molar-refractivity contribution in [1.29, 1.82) is 0 Å². The first-order chi connectivity index (χ1) is 12.0. The molecule has 0 unspecified atom stereocenters. The zero-order valence-electron chi connectivity index (χ0n) is 14.1. The van der Waals surface area contributed by atoms with Crippen molar-refractivity contribution in [3.8, 4) is 11.5 Å². The monoisotopic (exact) mass is 398 g/mol. The third-order valence-electron chi connectivity index (χ3n) is 3.26. The van der Waals surface area contributed by atoms with E-state index in [2.05, 4.69) is 10.6 Å². The van der Waals surface area contributed by atoms with E-state index in [-0.39, 0.29) is 0 Å². The fraction of sp³-hybridized carbons (Fsp3) is 0.278. The molecule has 0 saturated heterocycles. The summed E-state index contributed by atoms with van der Waals surface area (Å²) < 4.78 is 11.2. The van der Waals surface area contributed by atoms with E-state index >= 15 is 0 Å². The Bertz CT molecular complexity index is 741. The van der Waals surface area contributed by atoms with Crippen molar-refractivity contribution in [2.24, 2.45) is 0 Å². The van der Waals surface area contributed by atoms with Crippen molar-refractivity contribution < 1.29 is 9.47 Å². The summed E-state index contributed by atoms with van der Waals surface area (Å²) in [5.41, 5.74) is 1.68. The van der Waals surface area contributed by atoms with E-state index in [1.54, 1.807) is 12.1 Å². The van der Waals surface area contributed by atoms with Crippen molar-refractivity contribution >= 4 is 46.2 Å². The van der Waals surface area contributed by atoms with Gasteiger partial charge in [-0.15, -0.1) is 0 Å². The standard InChI is InChI=1S/C18H20Cl2N2O2S/c1-3-23-15-9-8-12(10-16(15)24-4-2)11-21-18(25)22-14-7-5-6-13(19)17(14)20/h5-10H,3-4,11H2,1-2H3,(H2,21,22,25). The Balaban J connectivity index is 1.99. The van der Waals surface area contributed by atoms with Crippen LogP contribution in [0.2, 0.25) is 10.0 Å². The Morgan fingerprint density at radius 3 is 2.48 bits per heavy atom. The number of hydrogen-bond acceptors (Lipinski definition) is 3. The normalized spacial score (nSPS) is 10.2. The van der Waals surface area contributed by atoms with Crippen LogP contribution in [-0.4, -0.2) is 18.3 Å². The number of benzene rings is 2. The van der Waals surface area contributed by atoms with Gasteiger partial charge in [0.25, 0.3) is 0 Å². The molecule has 2 N–H and O–H groups in total. The van der Waals surface area contributed by atoms with E-state index in [4.69, 9.17) is 44.9 Å². The highest BCUT2D eigenvalue weighted by atomic mass is 35.5.